The van der Waals surface area contributed by atoms with E-state index in [-0.39, 0.29) is 27.4 Å². The maximum absolute atomic E-state index is 10.3. The van der Waals surface area contributed by atoms with Crippen LogP contribution in [-0.2, 0) is 14.4 Å². The summed E-state index contributed by atoms with van der Waals surface area (Å²) < 4.78 is 0. The molecule has 114 valence electrons. The lowest BCUT2D eigenvalue weighted by Gasteiger charge is -2.18. The SMILES string of the molecule is O.O.O.O.O.O=C(O)CC(O)(CC(=O)O)C(=O)O. The van der Waals surface area contributed by atoms with Gasteiger partial charge in [-0.15, -0.1) is 0 Å². The fraction of sp³-hybridized carbons (Fsp3) is 0.500. The predicted octanol–water partition coefficient (Wildman–Crippen LogP) is -5.37. The minimum Gasteiger partial charge on any atom is -0.481 e. The molecule has 0 aliphatic heterocycles. The number of carbonyl (C=O) groups is 3. The van der Waals surface area contributed by atoms with Crippen molar-refractivity contribution in [1.29, 1.82) is 0 Å². The molecule has 0 atom stereocenters. The van der Waals surface area contributed by atoms with Gasteiger partial charge in [0.15, 0.2) is 5.60 Å². The van der Waals surface area contributed by atoms with Gasteiger partial charge < -0.3 is 47.8 Å². The summed E-state index contributed by atoms with van der Waals surface area (Å²) in [4.78, 5) is 30.5. The molecule has 0 radical (unpaired) electrons. The maximum Gasteiger partial charge on any atom is 0.336 e. The molecule has 0 aromatic carbocycles. The predicted molar refractivity (Wildman–Crippen MR) is 55.2 cm³/mol. The molecule has 0 spiro atoms. The maximum atomic E-state index is 10.3. The second kappa shape index (κ2) is 13.2. The van der Waals surface area contributed by atoms with Crippen molar-refractivity contribution >= 4 is 17.9 Å². The molecule has 18 heavy (non-hydrogen) atoms. The van der Waals surface area contributed by atoms with Crippen LogP contribution in [0.4, 0.5) is 0 Å². The summed E-state index contributed by atoms with van der Waals surface area (Å²) in [5.74, 6) is -5.02. The van der Waals surface area contributed by atoms with E-state index in [0.717, 1.165) is 0 Å². The number of hydrogen-bond acceptors (Lipinski definition) is 4. The second-order valence-electron chi connectivity index (χ2n) is 2.48. The number of aliphatic carboxylic acids is 3. The largest absolute Gasteiger partial charge is 0.481 e. The minimum absolute atomic E-state index is 0. The van der Waals surface area contributed by atoms with Crippen molar-refractivity contribution in [3.05, 3.63) is 0 Å². The van der Waals surface area contributed by atoms with E-state index < -0.39 is 36.4 Å². The Balaban J connectivity index is -0.0000000720. The zero-order valence-electron chi connectivity index (χ0n) is 8.93. The molecular weight excluding hydrogens is 264 g/mol. The summed E-state index contributed by atoms with van der Waals surface area (Å²) in [6.45, 7) is 0. The molecule has 12 nitrogen and oxygen atoms in total. The third kappa shape index (κ3) is 12.2. The van der Waals surface area contributed by atoms with Gasteiger partial charge in [0.05, 0.1) is 12.8 Å². The standard InChI is InChI=1S/C6H8O7.5H2O/c7-3(8)1-6(13,5(11)12)2-4(9)10;;;;;/h13H,1-2H2,(H,7,8)(H,9,10)(H,11,12);5*1H2. The Labute approximate surface area is 99.6 Å². The van der Waals surface area contributed by atoms with Crippen molar-refractivity contribution in [2.45, 2.75) is 18.4 Å². The zero-order chi connectivity index (χ0) is 10.6. The van der Waals surface area contributed by atoms with Crippen LogP contribution in [0.5, 0.6) is 0 Å². The van der Waals surface area contributed by atoms with E-state index in [0.29, 0.717) is 0 Å². The summed E-state index contributed by atoms with van der Waals surface area (Å²) in [5, 5.41) is 33.8. The number of rotatable bonds is 5. The van der Waals surface area contributed by atoms with Gasteiger partial charge in [-0.3, -0.25) is 9.59 Å². The Morgan fingerprint density at radius 3 is 1.06 bits per heavy atom. The fourth-order valence-corrected chi connectivity index (χ4v) is 0.714. The lowest BCUT2D eigenvalue weighted by atomic mass is 9.96. The molecule has 0 rings (SSSR count). The summed E-state index contributed by atoms with van der Waals surface area (Å²) in [5.41, 5.74) is -2.74. The third-order valence-electron chi connectivity index (χ3n) is 1.29. The van der Waals surface area contributed by atoms with E-state index in [1.165, 1.54) is 0 Å². The molecule has 0 aromatic heterocycles. The van der Waals surface area contributed by atoms with E-state index in [2.05, 4.69) is 0 Å². The van der Waals surface area contributed by atoms with Crippen LogP contribution < -0.4 is 0 Å². The summed E-state index contributed by atoms with van der Waals surface area (Å²) in [7, 11) is 0. The van der Waals surface area contributed by atoms with Gasteiger partial charge in [0, 0.05) is 0 Å². The van der Waals surface area contributed by atoms with E-state index in [4.69, 9.17) is 20.4 Å². The first-order valence-corrected chi connectivity index (χ1v) is 3.17. The van der Waals surface area contributed by atoms with Gasteiger partial charge in [-0.05, 0) is 0 Å². The van der Waals surface area contributed by atoms with Gasteiger partial charge in [0.2, 0.25) is 0 Å². The molecule has 0 unspecified atom stereocenters. The van der Waals surface area contributed by atoms with Crippen LogP contribution in [0, 0.1) is 0 Å². The number of hydrogen-bond donors (Lipinski definition) is 4. The smallest absolute Gasteiger partial charge is 0.336 e. The van der Waals surface area contributed by atoms with Crippen LogP contribution in [0.1, 0.15) is 12.8 Å². The molecule has 0 bridgehead atoms. The molecular formula is C6H18O12. The first-order chi connectivity index (χ1) is 5.78. The lowest BCUT2D eigenvalue weighted by molar-refractivity contribution is -0.170. The van der Waals surface area contributed by atoms with Gasteiger partial charge in [-0.1, -0.05) is 0 Å². The van der Waals surface area contributed by atoms with Gasteiger partial charge in [0.1, 0.15) is 0 Å². The Hall–Kier alpha value is -1.83. The highest BCUT2D eigenvalue weighted by Gasteiger charge is 2.40. The van der Waals surface area contributed by atoms with Crippen LogP contribution in [0.15, 0.2) is 0 Å². The average Bonchev–Trinajstić information content (AvgIpc) is 1.82. The molecule has 0 amide bonds. The molecule has 14 N–H and O–H groups in total. The lowest BCUT2D eigenvalue weighted by Crippen LogP contribution is -2.42. The topological polar surface area (TPSA) is 290 Å². The van der Waals surface area contributed by atoms with Gasteiger partial charge >= 0.3 is 17.9 Å². The highest BCUT2D eigenvalue weighted by Crippen LogP contribution is 2.15. The van der Waals surface area contributed by atoms with Crippen molar-refractivity contribution in [2.75, 3.05) is 0 Å². The molecule has 0 fully saturated rings. The molecule has 0 aliphatic carbocycles. The van der Waals surface area contributed by atoms with Crippen LogP contribution in [-0.4, -0.2) is 71.3 Å². The van der Waals surface area contributed by atoms with Crippen molar-refractivity contribution in [3.63, 3.8) is 0 Å². The number of carboxylic acids is 3. The van der Waals surface area contributed by atoms with E-state index in [1.54, 1.807) is 0 Å². The molecule has 0 aliphatic rings. The first kappa shape index (κ1) is 36.0. The van der Waals surface area contributed by atoms with Crippen molar-refractivity contribution < 1.29 is 62.2 Å². The highest BCUT2D eigenvalue weighted by molar-refractivity contribution is 5.88. The monoisotopic (exact) mass is 282 g/mol. The van der Waals surface area contributed by atoms with Crippen LogP contribution in [0.2, 0.25) is 0 Å². The van der Waals surface area contributed by atoms with Crippen molar-refractivity contribution in [1.82, 2.24) is 0 Å². The average molecular weight is 282 g/mol. The Morgan fingerprint density at radius 1 is 0.722 bits per heavy atom. The molecule has 0 saturated heterocycles. The van der Waals surface area contributed by atoms with E-state index in [9.17, 15) is 14.4 Å². The number of aliphatic hydroxyl groups is 1. The number of carboxylic acid groups (broad SMARTS) is 3. The third-order valence-corrected chi connectivity index (χ3v) is 1.29. The van der Waals surface area contributed by atoms with Gasteiger partial charge in [-0.25, -0.2) is 4.79 Å². The molecule has 0 heterocycles. The summed E-state index contributed by atoms with van der Waals surface area (Å²) in [6, 6.07) is 0. The zero-order valence-corrected chi connectivity index (χ0v) is 8.93. The second-order valence-corrected chi connectivity index (χ2v) is 2.48. The van der Waals surface area contributed by atoms with E-state index in [1.807, 2.05) is 0 Å². The Bertz CT molecular complexity index is 231. The highest BCUT2D eigenvalue weighted by atomic mass is 16.4. The summed E-state index contributed by atoms with van der Waals surface area (Å²) in [6.07, 6.45) is -2.29. The van der Waals surface area contributed by atoms with Crippen molar-refractivity contribution in [2.24, 2.45) is 0 Å². The minimum atomic E-state index is -2.74. The van der Waals surface area contributed by atoms with Gasteiger partial charge in [-0.2, -0.15) is 0 Å². The molecule has 12 heteroatoms. The van der Waals surface area contributed by atoms with Crippen LogP contribution in [0.3, 0.4) is 0 Å². The molecule has 0 aromatic rings. The summed E-state index contributed by atoms with van der Waals surface area (Å²) >= 11 is 0. The van der Waals surface area contributed by atoms with Crippen molar-refractivity contribution in [3.8, 4) is 0 Å². The first-order valence-electron chi connectivity index (χ1n) is 3.17. The van der Waals surface area contributed by atoms with Crippen LogP contribution >= 0.6 is 0 Å². The Kier molecular flexibility index (Phi) is 26.5. The van der Waals surface area contributed by atoms with E-state index >= 15 is 0 Å². The normalized spacial score (nSPS) is 7.83. The van der Waals surface area contributed by atoms with Gasteiger partial charge in [0.25, 0.3) is 0 Å². The quantitative estimate of drug-likeness (QED) is 0.378. The fourth-order valence-electron chi connectivity index (χ4n) is 0.714. The Morgan fingerprint density at radius 2 is 0.944 bits per heavy atom. The molecule has 0 saturated carbocycles. The van der Waals surface area contributed by atoms with Crippen LogP contribution in [0.25, 0.3) is 0 Å².